The van der Waals surface area contributed by atoms with Crippen LogP contribution in [0.4, 0.5) is 5.95 Å². The number of nitrogens with zero attached hydrogens (tertiary/aromatic N) is 7. The average molecular weight is 389 g/mol. The molecule has 3 aromatic heterocycles. The van der Waals surface area contributed by atoms with Crippen LogP contribution in [0.3, 0.4) is 0 Å². The van der Waals surface area contributed by atoms with Crippen LogP contribution in [-0.4, -0.2) is 42.2 Å². The molecule has 8 heteroatoms. The molecule has 8 nitrogen and oxygen atoms in total. The molecule has 4 aromatic rings. The number of anilines is 1. The topological polar surface area (TPSA) is 73.8 Å². The molecule has 1 saturated heterocycles. The number of hydrogen-bond acceptors (Lipinski definition) is 5. The van der Waals surface area contributed by atoms with Crippen LogP contribution in [0.25, 0.3) is 16.9 Å². The fourth-order valence-corrected chi connectivity index (χ4v) is 4.05. The quantitative estimate of drug-likeness (QED) is 0.534. The number of aryl methyl sites for hydroxylation is 3. The minimum Gasteiger partial charge on any atom is -0.341 e. The van der Waals surface area contributed by atoms with E-state index in [0.29, 0.717) is 18.3 Å². The second kappa shape index (κ2) is 6.58. The average Bonchev–Trinajstić information content (AvgIpc) is 3.18. The molecular formula is C21H23N7O. The predicted molar refractivity (Wildman–Crippen MR) is 112 cm³/mol. The minimum atomic E-state index is -0.0866. The van der Waals surface area contributed by atoms with E-state index in [0.717, 1.165) is 41.5 Å². The van der Waals surface area contributed by atoms with Gasteiger partial charge in [0.2, 0.25) is 5.95 Å². The minimum absolute atomic E-state index is 0.0866. The zero-order valence-corrected chi connectivity index (χ0v) is 16.8. The van der Waals surface area contributed by atoms with Crippen molar-refractivity contribution in [3.05, 3.63) is 64.2 Å². The Balaban J connectivity index is 1.33. The van der Waals surface area contributed by atoms with Gasteiger partial charge in [-0.3, -0.25) is 4.79 Å². The Morgan fingerprint density at radius 1 is 1.07 bits per heavy atom. The molecule has 0 radical (unpaired) electrons. The van der Waals surface area contributed by atoms with Crippen molar-refractivity contribution in [3.8, 4) is 5.82 Å². The summed E-state index contributed by atoms with van der Waals surface area (Å²) in [6, 6.07) is 13.4. The van der Waals surface area contributed by atoms with Gasteiger partial charge in [0.1, 0.15) is 0 Å². The van der Waals surface area contributed by atoms with E-state index in [-0.39, 0.29) is 5.56 Å². The van der Waals surface area contributed by atoms with Crippen LogP contribution in [0.1, 0.15) is 11.4 Å². The van der Waals surface area contributed by atoms with Gasteiger partial charge >= 0.3 is 0 Å². The van der Waals surface area contributed by atoms with E-state index < -0.39 is 0 Å². The Hall–Kier alpha value is -3.42. The molecule has 0 aliphatic carbocycles. The van der Waals surface area contributed by atoms with Crippen LogP contribution < -0.4 is 10.5 Å². The van der Waals surface area contributed by atoms with E-state index >= 15 is 0 Å². The summed E-state index contributed by atoms with van der Waals surface area (Å²) in [5.74, 6) is 2.00. The smallest absolute Gasteiger partial charge is 0.266 e. The van der Waals surface area contributed by atoms with Crippen LogP contribution in [0.5, 0.6) is 0 Å². The van der Waals surface area contributed by atoms with Crippen molar-refractivity contribution in [2.45, 2.75) is 20.4 Å². The fraction of sp³-hybridized carbons (Fsp3) is 0.333. The summed E-state index contributed by atoms with van der Waals surface area (Å²) in [7, 11) is 2.04. The molecule has 4 heterocycles. The van der Waals surface area contributed by atoms with Crippen molar-refractivity contribution < 1.29 is 0 Å². The Labute approximate surface area is 168 Å². The number of hydrogen-bond donors (Lipinski definition) is 0. The first-order chi connectivity index (χ1) is 14.0. The lowest BCUT2D eigenvalue weighted by atomic mass is 10.0. The van der Waals surface area contributed by atoms with E-state index in [1.165, 1.54) is 0 Å². The summed E-state index contributed by atoms with van der Waals surface area (Å²) < 4.78 is 5.46. The summed E-state index contributed by atoms with van der Waals surface area (Å²) in [6.45, 7) is 6.23. The molecule has 0 unspecified atom stereocenters. The van der Waals surface area contributed by atoms with Gasteiger partial charge in [0, 0.05) is 37.8 Å². The summed E-state index contributed by atoms with van der Waals surface area (Å²) in [4.78, 5) is 19.3. The fourth-order valence-electron chi connectivity index (χ4n) is 4.05. The van der Waals surface area contributed by atoms with E-state index in [2.05, 4.69) is 25.7 Å². The summed E-state index contributed by atoms with van der Waals surface area (Å²) in [6.07, 6.45) is 0. The molecule has 1 aliphatic heterocycles. The molecule has 1 fully saturated rings. The maximum absolute atomic E-state index is 12.3. The van der Waals surface area contributed by atoms with E-state index in [1.54, 1.807) is 21.5 Å². The van der Waals surface area contributed by atoms with Gasteiger partial charge in [-0.15, -0.1) is 5.10 Å². The van der Waals surface area contributed by atoms with Gasteiger partial charge in [-0.25, -0.2) is 14.3 Å². The summed E-state index contributed by atoms with van der Waals surface area (Å²) in [5, 5.41) is 9.02. The van der Waals surface area contributed by atoms with Gasteiger partial charge in [0.05, 0.1) is 23.3 Å². The molecule has 0 amide bonds. The zero-order chi connectivity index (χ0) is 20.1. The Kier molecular flexibility index (Phi) is 4.01. The predicted octanol–water partition coefficient (Wildman–Crippen LogP) is 2.07. The molecule has 0 spiro atoms. The Morgan fingerprint density at radius 3 is 2.59 bits per heavy atom. The first kappa shape index (κ1) is 17.7. The van der Waals surface area contributed by atoms with E-state index in [4.69, 9.17) is 4.98 Å². The standard InChI is InChI=1S/C21H23N7O/c1-14-10-15(2)28(23-14)19-8-9-20(29)27(24-19)13-16-11-26(12-16)21-22-17-6-4-5-7-18(17)25(21)3/h4-10,16H,11-13H2,1-3H3. The third kappa shape index (κ3) is 3.00. The van der Waals surface area contributed by atoms with Crippen molar-refractivity contribution in [2.75, 3.05) is 18.0 Å². The second-order valence-electron chi connectivity index (χ2n) is 7.78. The van der Waals surface area contributed by atoms with E-state index in [1.807, 2.05) is 45.2 Å². The normalized spacial score (nSPS) is 14.5. The first-order valence-corrected chi connectivity index (χ1v) is 9.78. The number of aromatic nitrogens is 6. The van der Waals surface area contributed by atoms with Crippen molar-refractivity contribution in [2.24, 2.45) is 13.0 Å². The van der Waals surface area contributed by atoms with Crippen molar-refractivity contribution in [1.82, 2.24) is 29.1 Å². The summed E-state index contributed by atoms with van der Waals surface area (Å²) in [5.41, 5.74) is 3.97. The number of fused-ring (bicyclic) bond motifs is 1. The highest BCUT2D eigenvalue weighted by Crippen LogP contribution is 2.27. The van der Waals surface area contributed by atoms with Gasteiger partial charge in [-0.1, -0.05) is 12.1 Å². The third-order valence-electron chi connectivity index (χ3n) is 5.51. The third-order valence-corrected chi connectivity index (χ3v) is 5.51. The second-order valence-corrected chi connectivity index (χ2v) is 7.78. The number of para-hydroxylation sites is 2. The number of benzene rings is 1. The summed E-state index contributed by atoms with van der Waals surface area (Å²) >= 11 is 0. The highest BCUT2D eigenvalue weighted by atomic mass is 16.1. The van der Waals surface area contributed by atoms with Crippen LogP contribution in [-0.2, 0) is 13.6 Å². The van der Waals surface area contributed by atoms with Gasteiger partial charge < -0.3 is 9.47 Å². The molecule has 148 valence electrons. The van der Waals surface area contributed by atoms with Crippen LogP contribution in [0, 0.1) is 19.8 Å². The molecule has 29 heavy (non-hydrogen) atoms. The Bertz CT molecular complexity index is 1260. The highest BCUT2D eigenvalue weighted by Gasteiger charge is 2.30. The molecule has 1 aliphatic rings. The van der Waals surface area contributed by atoms with Gasteiger partial charge in [0.25, 0.3) is 5.56 Å². The molecular weight excluding hydrogens is 366 g/mol. The molecule has 0 atom stereocenters. The molecule has 0 bridgehead atoms. The van der Waals surface area contributed by atoms with Crippen molar-refractivity contribution in [3.63, 3.8) is 0 Å². The lowest BCUT2D eigenvalue weighted by Crippen LogP contribution is -2.50. The van der Waals surface area contributed by atoms with Gasteiger partial charge in [0.15, 0.2) is 5.82 Å². The molecule has 1 aromatic carbocycles. The Morgan fingerprint density at radius 2 is 1.86 bits per heavy atom. The maximum Gasteiger partial charge on any atom is 0.266 e. The molecule has 0 N–H and O–H groups in total. The largest absolute Gasteiger partial charge is 0.341 e. The van der Waals surface area contributed by atoms with Gasteiger partial charge in [-0.2, -0.15) is 5.10 Å². The van der Waals surface area contributed by atoms with Crippen LogP contribution in [0.2, 0.25) is 0 Å². The first-order valence-electron chi connectivity index (χ1n) is 9.78. The SMILES string of the molecule is Cc1cc(C)n(-c2ccc(=O)n(CC3CN(c4nc5ccccc5n4C)C3)n2)n1. The highest BCUT2D eigenvalue weighted by molar-refractivity contribution is 5.78. The molecule has 0 saturated carbocycles. The zero-order valence-electron chi connectivity index (χ0n) is 16.8. The molecule has 5 rings (SSSR count). The van der Waals surface area contributed by atoms with Crippen molar-refractivity contribution >= 4 is 17.0 Å². The van der Waals surface area contributed by atoms with Crippen molar-refractivity contribution in [1.29, 1.82) is 0 Å². The lowest BCUT2D eigenvalue weighted by molar-refractivity contribution is 0.328. The van der Waals surface area contributed by atoms with Crippen LogP contribution in [0.15, 0.2) is 47.3 Å². The lowest BCUT2D eigenvalue weighted by Gasteiger charge is -2.39. The number of imidazole rings is 1. The number of rotatable bonds is 4. The van der Waals surface area contributed by atoms with Gasteiger partial charge in [-0.05, 0) is 38.1 Å². The van der Waals surface area contributed by atoms with Crippen LogP contribution >= 0.6 is 0 Å². The monoisotopic (exact) mass is 389 g/mol. The maximum atomic E-state index is 12.3. The van der Waals surface area contributed by atoms with E-state index in [9.17, 15) is 4.79 Å².